The molecule has 4 nitrogen and oxygen atoms in total. The van der Waals surface area contributed by atoms with Gasteiger partial charge in [0.05, 0.1) is 11.9 Å². The van der Waals surface area contributed by atoms with Crippen molar-refractivity contribution in [3.05, 3.63) is 18.1 Å². The van der Waals surface area contributed by atoms with Gasteiger partial charge in [0.25, 0.3) is 0 Å². The average molecular weight is 237 g/mol. The maximum Gasteiger partial charge on any atom is 0.233 e. The average Bonchev–Trinajstić information content (AvgIpc) is 2.14. The lowest BCUT2D eigenvalue weighted by Gasteiger charge is -2.20. The molecule has 1 aromatic heterocycles. The summed E-state index contributed by atoms with van der Waals surface area (Å²) in [6.45, 7) is 12.1. The second kappa shape index (κ2) is 5.96. The molecule has 0 aliphatic heterocycles. The molecule has 4 heteroatoms. The minimum absolute atomic E-state index is 0.237. The number of rotatable bonds is 5. The quantitative estimate of drug-likeness (QED) is 0.854. The van der Waals surface area contributed by atoms with Gasteiger partial charge in [-0.05, 0) is 33.2 Å². The van der Waals surface area contributed by atoms with Crippen LogP contribution >= 0.6 is 0 Å². The van der Waals surface area contributed by atoms with Crippen LogP contribution < -0.4 is 10.1 Å². The van der Waals surface area contributed by atoms with Gasteiger partial charge in [-0.2, -0.15) is 0 Å². The highest BCUT2D eigenvalue weighted by molar-refractivity contribution is 5.09. The van der Waals surface area contributed by atoms with E-state index in [1.165, 1.54) is 0 Å². The van der Waals surface area contributed by atoms with Gasteiger partial charge in [-0.15, -0.1) is 0 Å². The first kappa shape index (κ1) is 13.9. The number of hydrogen-bond acceptors (Lipinski definition) is 4. The molecule has 0 amide bonds. The lowest BCUT2D eigenvalue weighted by atomic mass is 10.2. The Balaban J connectivity index is 2.54. The molecule has 0 saturated carbocycles. The van der Waals surface area contributed by atoms with Crippen molar-refractivity contribution in [2.45, 2.75) is 46.8 Å². The van der Waals surface area contributed by atoms with Crippen molar-refractivity contribution in [3.8, 4) is 5.88 Å². The Morgan fingerprint density at radius 2 is 2.00 bits per heavy atom. The fourth-order valence-electron chi connectivity index (χ4n) is 1.32. The van der Waals surface area contributed by atoms with Crippen LogP contribution in [0, 0.1) is 5.92 Å². The Morgan fingerprint density at radius 1 is 1.29 bits per heavy atom. The van der Waals surface area contributed by atoms with E-state index in [0.29, 0.717) is 11.8 Å². The highest BCUT2D eigenvalue weighted by Gasteiger charge is 2.13. The van der Waals surface area contributed by atoms with Crippen LogP contribution in [0.5, 0.6) is 5.88 Å². The second-order valence-electron chi connectivity index (χ2n) is 5.59. The van der Waals surface area contributed by atoms with E-state index in [4.69, 9.17) is 4.74 Å². The van der Waals surface area contributed by atoms with Gasteiger partial charge in [0, 0.05) is 12.7 Å². The molecule has 0 fully saturated rings. The molecule has 1 N–H and O–H groups in total. The molecule has 96 valence electrons. The summed E-state index contributed by atoms with van der Waals surface area (Å²) in [6, 6.07) is 0. The normalized spacial score (nSPS) is 11.9. The summed E-state index contributed by atoms with van der Waals surface area (Å²) in [7, 11) is 0. The van der Waals surface area contributed by atoms with Gasteiger partial charge < -0.3 is 10.1 Å². The Labute approximate surface area is 104 Å². The molecule has 0 aromatic carbocycles. The Morgan fingerprint density at radius 3 is 2.59 bits per heavy atom. The lowest BCUT2D eigenvalue weighted by Crippen LogP contribution is -2.24. The van der Waals surface area contributed by atoms with Crippen molar-refractivity contribution in [3.63, 3.8) is 0 Å². The standard InChI is InChI=1S/C13H23N3O/c1-10(2)6-14-7-11-8-15-9-12(16-11)17-13(3,4)5/h8-10,14H,6-7H2,1-5H3. The van der Waals surface area contributed by atoms with E-state index in [9.17, 15) is 0 Å². The molecule has 0 bridgehead atoms. The predicted octanol–water partition coefficient (Wildman–Crippen LogP) is 2.40. The molecule has 0 spiro atoms. The summed E-state index contributed by atoms with van der Waals surface area (Å²) in [4.78, 5) is 8.55. The zero-order valence-corrected chi connectivity index (χ0v) is 11.4. The van der Waals surface area contributed by atoms with Crippen molar-refractivity contribution in [2.75, 3.05) is 6.54 Å². The highest BCUT2D eigenvalue weighted by Crippen LogP contribution is 2.14. The molecule has 0 aliphatic carbocycles. The first-order valence-corrected chi connectivity index (χ1v) is 6.07. The van der Waals surface area contributed by atoms with Crippen LogP contribution in [-0.2, 0) is 6.54 Å². The van der Waals surface area contributed by atoms with E-state index in [1.807, 2.05) is 20.8 Å². The molecule has 0 saturated heterocycles. The first-order chi connectivity index (χ1) is 7.87. The van der Waals surface area contributed by atoms with Crippen LogP contribution in [0.1, 0.15) is 40.3 Å². The van der Waals surface area contributed by atoms with Crippen LogP contribution in [0.15, 0.2) is 12.4 Å². The van der Waals surface area contributed by atoms with Gasteiger partial charge in [-0.3, -0.25) is 4.98 Å². The molecule has 1 aromatic rings. The van der Waals surface area contributed by atoms with Crippen molar-refractivity contribution < 1.29 is 4.74 Å². The summed E-state index contributed by atoms with van der Waals surface area (Å²) in [5.41, 5.74) is 0.672. The number of ether oxygens (including phenoxy) is 1. The van der Waals surface area contributed by atoms with Crippen LogP contribution in [-0.4, -0.2) is 22.1 Å². The molecule has 0 unspecified atom stereocenters. The zero-order valence-electron chi connectivity index (χ0n) is 11.4. The maximum atomic E-state index is 5.67. The van der Waals surface area contributed by atoms with Crippen molar-refractivity contribution >= 4 is 0 Å². The van der Waals surface area contributed by atoms with Gasteiger partial charge in [-0.25, -0.2) is 4.98 Å². The van der Waals surface area contributed by atoms with E-state index in [-0.39, 0.29) is 5.60 Å². The molecule has 0 aliphatic rings. The van der Waals surface area contributed by atoms with Gasteiger partial charge in [0.2, 0.25) is 5.88 Å². The highest BCUT2D eigenvalue weighted by atomic mass is 16.5. The van der Waals surface area contributed by atoms with Gasteiger partial charge in [-0.1, -0.05) is 13.8 Å². The third-order valence-corrected chi connectivity index (χ3v) is 1.93. The lowest BCUT2D eigenvalue weighted by molar-refractivity contribution is 0.123. The third-order valence-electron chi connectivity index (χ3n) is 1.93. The van der Waals surface area contributed by atoms with Gasteiger partial charge >= 0.3 is 0 Å². The molecule has 0 radical (unpaired) electrons. The molecule has 17 heavy (non-hydrogen) atoms. The van der Waals surface area contributed by atoms with Crippen LogP contribution in [0.25, 0.3) is 0 Å². The Kier molecular flexibility index (Phi) is 4.87. The molecular formula is C13H23N3O. The van der Waals surface area contributed by atoms with Crippen LogP contribution in [0.2, 0.25) is 0 Å². The minimum atomic E-state index is -0.237. The molecule has 1 heterocycles. The summed E-state index contributed by atoms with van der Waals surface area (Å²) >= 11 is 0. The topological polar surface area (TPSA) is 47.0 Å². The van der Waals surface area contributed by atoms with Crippen molar-refractivity contribution in [2.24, 2.45) is 5.92 Å². The van der Waals surface area contributed by atoms with Gasteiger partial charge in [0.15, 0.2) is 0 Å². The minimum Gasteiger partial charge on any atom is -0.471 e. The van der Waals surface area contributed by atoms with Gasteiger partial charge in [0.1, 0.15) is 5.60 Å². The van der Waals surface area contributed by atoms with Crippen LogP contribution in [0.3, 0.4) is 0 Å². The van der Waals surface area contributed by atoms with E-state index >= 15 is 0 Å². The Hall–Kier alpha value is -1.16. The first-order valence-electron chi connectivity index (χ1n) is 6.07. The largest absolute Gasteiger partial charge is 0.471 e. The van der Waals surface area contributed by atoms with E-state index in [1.54, 1.807) is 12.4 Å². The SMILES string of the molecule is CC(C)CNCc1cncc(OC(C)(C)C)n1. The summed E-state index contributed by atoms with van der Waals surface area (Å²) in [5.74, 6) is 1.22. The summed E-state index contributed by atoms with van der Waals surface area (Å²) < 4.78 is 5.67. The fraction of sp³-hybridized carbons (Fsp3) is 0.692. The number of hydrogen-bond donors (Lipinski definition) is 1. The molecule has 0 atom stereocenters. The number of nitrogens with one attached hydrogen (secondary N) is 1. The second-order valence-corrected chi connectivity index (χ2v) is 5.59. The number of aromatic nitrogens is 2. The van der Waals surface area contributed by atoms with E-state index in [0.717, 1.165) is 18.8 Å². The fourth-order valence-corrected chi connectivity index (χ4v) is 1.32. The smallest absolute Gasteiger partial charge is 0.233 e. The van der Waals surface area contributed by atoms with Crippen molar-refractivity contribution in [1.82, 2.24) is 15.3 Å². The van der Waals surface area contributed by atoms with E-state index < -0.39 is 0 Å². The third kappa shape index (κ3) is 6.22. The summed E-state index contributed by atoms with van der Waals surface area (Å²) in [5, 5.41) is 3.33. The maximum absolute atomic E-state index is 5.67. The van der Waals surface area contributed by atoms with E-state index in [2.05, 4.69) is 29.1 Å². The summed E-state index contributed by atoms with van der Waals surface area (Å²) in [6.07, 6.45) is 3.42. The zero-order chi connectivity index (χ0) is 12.9. The Bertz CT molecular complexity index is 345. The predicted molar refractivity (Wildman–Crippen MR) is 69.0 cm³/mol. The number of nitrogens with zero attached hydrogens (tertiary/aromatic N) is 2. The molecule has 1 rings (SSSR count). The van der Waals surface area contributed by atoms with Crippen molar-refractivity contribution in [1.29, 1.82) is 0 Å². The van der Waals surface area contributed by atoms with Crippen LogP contribution in [0.4, 0.5) is 0 Å². The molecular weight excluding hydrogens is 214 g/mol. The monoisotopic (exact) mass is 237 g/mol.